The number of rotatable bonds is 14. The normalized spacial score (nSPS) is 12.4. The molecule has 3 aromatic rings. The van der Waals surface area contributed by atoms with E-state index in [0.29, 0.717) is 13.1 Å². The van der Waals surface area contributed by atoms with Crippen LogP contribution in [-0.2, 0) is 25.5 Å². The van der Waals surface area contributed by atoms with Crippen LogP contribution < -0.4 is 21.7 Å². The maximum Gasteiger partial charge on any atom is 0.490 e. The predicted molar refractivity (Wildman–Crippen MR) is 169 cm³/mol. The highest BCUT2D eigenvalue weighted by Gasteiger charge is 2.38. The molecular formula is C34H39F3N4O6. The van der Waals surface area contributed by atoms with Crippen LogP contribution in [0.4, 0.5) is 18.0 Å². The van der Waals surface area contributed by atoms with Gasteiger partial charge in [-0.1, -0.05) is 91.7 Å². The minimum Gasteiger partial charge on any atom is -0.475 e. The van der Waals surface area contributed by atoms with Crippen molar-refractivity contribution in [3.63, 3.8) is 0 Å². The number of alkyl halides is 3. The molecule has 4 rings (SSSR count). The van der Waals surface area contributed by atoms with Crippen LogP contribution in [0, 0.1) is 0 Å². The van der Waals surface area contributed by atoms with E-state index >= 15 is 0 Å². The Kier molecular flexibility index (Phi) is 14.2. The quantitative estimate of drug-likeness (QED) is 0.160. The fraction of sp³-hybridized carbons (Fsp3) is 0.353. The summed E-state index contributed by atoms with van der Waals surface area (Å²) in [5, 5.41) is 15.3. The van der Waals surface area contributed by atoms with E-state index in [1.165, 1.54) is 0 Å². The molecule has 0 heterocycles. The molecule has 1 atom stereocenters. The van der Waals surface area contributed by atoms with Gasteiger partial charge in [-0.15, -0.1) is 0 Å². The zero-order valence-corrected chi connectivity index (χ0v) is 25.7. The van der Waals surface area contributed by atoms with E-state index in [1.54, 1.807) is 0 Å². The van der Waals surface area contributed by atoms with Crippen LogP contribution in [-0.4, -0.2) is 67.4 Å². The van der Waals surface area contributed by atoms with Gasteiger partial charge < -0.3 is 31.5 Å². The first-order valence-electron chi connectivity index (χ1n) is 15.2. The largest absolute Gasteiger partial charge is 0.490 e. The molecule has 1 aliphatic rings. The number of hydrogen-bond acceptors (Lipinski definition) is 6. The van der Waals surface area contributed by atoms with E-state index in [2.05, 4.69) is 40.2 Å². The highest BCUT2D eigenvalue weighted by Crippen LogP contribution is 2.44. The lowest BCUT2D eigenvalue weighted by molar-refractivity contribution is -0.192. The number of hydrogen-bond donors (Lipinski definition) is 5. The zero-order chi connectivity index (χ0) is 34.2. The summed E-state index contributed by atoms with van der Waals surface area (Å²) in [5.41, 5.74) is 10.9. The number of nitrogens with two attached hydrogens (primary N) is 1. The first-order valence-corrected chi connectivity index (χ1v) is 15.2. The fourth-order valence-electron chi connectivity index (χ4n) is 5.05. The van der Waals surface area contributed by atoms with E-state index in [0.717, 1.165) is 53.5 Å². The monoisotopic (exact) mass is 656 g/mol. The van der Waals surface area contributed by atoms with Gasteiger partial charge in [0.1, 0.15) is 12.6 Å². The Bertz CT molecular complexity index is 1440. The molecule has 0 aliphatic heterocycles. The van der Waals surface area contributed by atoms with Gasteiger partial charge in [0.15, 0.2) is 0 Å². The highest BCUT2D eigenvalue weighted by molar-refractivity contribution is 5.89. The molecule has 0 spiro atoms. The molecule has 0 fully saturated rings. The predicted octanol–water partition coefficient (Wildman–Crippen LogP) is 4.52. The Morgan fingerprint density at radius 3 is 1.94 bits per heavy atom. The summed E-state index contributed by atoms with van der Waals surface area (Å²) in [6.45, 7) is 1.20. The van der Waals surface area contributed by atoms with Crippen LogP contribution in [0.25, 0.3) is 11.1 Å². The van der Waals surface area contributed by atoms with Crippen LogP contribution >= 0.6 is 0 Å². The first kappa shape index (κ1) is 36.6. The number of halogens is 3. The number of alkyl carbamates (subject to hydrolysis) is 1. The Morgan fingerprint density at radius 2 is 1.36 bits per heavy atom. The number of carbonyl (C=O) groups is 4. The van der Waals surface area contributed by atoms with Gasteiger partial charge in [-0.3, -0.25) is 9.59 Å². The van der Waals surface area contributed by atoms with Gasteiger partial charge >= 0.3 is 18.2 Å². The first-order chi connectivity index (χ1) is 22.5. The molecule has 6 N–H and O–H groups in total. The number of fused-ring (bicyclic) bond motifs is 3. The lowest BCUT2D eigenvalue weighted by atomic mass is 9.98. The van der Waals surface area contributed by atoms with Crippen molar-refractivity contribution in [2.24, 2.45) is 5.73 Å². The van der Waals surface area contributed by atoms with E-state index in [4.69, 9.17) is 20.4 Å². The van der Waals surface area contributed by atoms with Crippen LogP contribution in [0.3, 0.4) is 0 Å². The second-order valence-corrected chi connectivity index (χ2v) is 10.8. The summed E-state index contributed by atoms with van der Waals surface area (Å²) >= 11 is 0. The van der Waals surface area contributed by atoms with Crippen LogP contribution in [0.2, 0.25) is 0 Å². The summed E-state index contributed by atoms with van der Waals surface area (Å²) in [6, 6.07) is 24.7. The highest BCUT2D eigenvalue weighted by atomic mass is 19.4. The fourth-order valence-corrected chi connectivity index (χ4v) is 5.05. The number of carboxylic acid groups (broad SMARTS) is 1. The van der Waals surface area contributed by atoms with Gasteiger partial charge in [0, 0.05) is 18.9 Å². The summed E-state index contributed by atoms with van der Waals surface area (Å²) in [4.78, 5) is 47.1. The molecule has 0 radical (unpaired) electrons. The van der Waals surface area contributed by atoms with Crippen molar-refractivity contribution in [3.05, 3.63) is 95.6 Å². The molecule has 0 bridgehead atoms. The lowest BCUT2D eigenvalue weighted by Crippen LogP contribution is -2.50. The molecule has 47 heavy (non-hydrogen) atoms. The summed E-state index contributed by atoms with van der Waals surface area (Å²) in [6.07, 6.45) is -1.64. The van der Waals surface area contributed by atoms with E-state index in [-0.39, 0.29) is 31.4 Å². The third-order valence-electron chi connectivity index (χ3n) is 7.35. The van der Waals surface area contributed by atoms with E-state index in [1.807, 2.05) is 54.6 Å². The van der Waals surface area contributed by atoms with Gasteiger partial charge in [-0.25, -0.2) is 9.59 Å². The molecule has 0 saturated carbocycles. The van der Waals surface area contributed by atoms with E-state index in [9.17, 15) is 27.6 Å². The Hall–Kier alpha value is -4.91. The standard InChI is InChI=1S/C32H38N4O4.C2HF3O2/c33-18-10-1-2-11-19-34-30(37)21-35-31(38)29(20-23-12-4-3-5-13-23)36-32(39)40-22-28-26-16-8-6-14-24(26)25-15-7-9-17-27(25)28;3-2(4,5)1(6)7/h3-9,12-17,28-29H,1-2,10-11,18-22,33H2,(H,34,37)(H,35,38)(H,36,39);(H,6,7)/t29-;/m0./s1. The summed E-state index contributed by atoms with van der Waals surface area (Å²) in [7, 11) is 0. The molecule has 3 aromatic carbocycles. The Labute approximate surface area is 270 Å². The molecule has 252 valence electrons. The Balaban J connectivity index is 0.000000771. The lowest BCUT2D eigenvalue weighted by Gasteiger charge is -2.20. The number of unbranched alkanes of at least 4 members (excludes halogenated alkanes) is 3. The molecule has 0 unspecified atom stereocenters. The van der Waals surface area contributed by atoms with Crippen molar-refractivity contribution in [1.82, 2.24) is 16.0 Å². The minimum absolute atomic E-state index is 0.0847. The van der Waals surface area contributed by atoms with Crippen molar-refractivity contribution in [2.75, 3.05) is 26.2 Å². The van der Waals surface area contributed by atoms with Crippen molar-refractivity contribution in [1.29, 1.82) is 0 Å². The number of benzene rings is 3. The number of amides is 3. The molecular weight excluding hydrogens is 617 g/mol. The number of aliphatic carboxylic acids is 1. The third-order valence-corrected chi connectivity index (χ3v) is 7.35. The van der Waals surface area contributed by atoms with Gasteiger partial charge in [0.25, 0.3) is 0 Å². The topological polar surface area (TPSA) is 160 Å². The molecule has 3 amide bonds. The van der Waals surface area contributed by atoms with Crippen molar-refractivity contribution in [3.8, 4) is 11.1 Å². The second kappa shape index (κ2) is 18.3. The van der Waals surface area contributed by atoms with Gasteiger partial charge in [0.05, 0.1) is 6.54 Å². The number of nitrogens with one attached hydrogen (secondary N) is 3. The van der Waals surface area contributed by atoms with Crippen LogP contribution in [0.1, 0.15) is 48.3 Å². The minimum atomic E-state index is -5.08. The molecule has 13 heteroatoms. The molecule has 1 aliphatic carbocycles. The number of carbonyl (C=O) groups excluding carboxylic acids is 3. The maximum absolute atomic E-state index is 13.1. The van der Waals surface area contributed by atoms with Crippen LogP contribution in [0.5, 0.6) is 0 Å². The second-order valence-electron chi connectivity index (χ2n) is 10.8. The molecule has 0 saturated heterocycles. The SMILES string of the molecule is NCCCCCCNC(=O)CNC(=O)[C@H](Cc1ccccc1)NC(=O)OCC1c2ccccc2-c2ccccc21.O=C(O)C(F)(F)F. The smallest absolute Gasteiger partial charge is 0.475 e. The number of ether oxygens (including phenoxy) is 1. The zero-order valence-electron chi connectivity index (χ0n) is 25.7. The van der Waals surface area contributed by atoms with Crippen LogP contribution in [0.15, 0.2) is 78.9 Å². The van der Waals surface area contributed by atoms with Gasteiger partial charge in [0.2, 0.25) is 11.8 Å². The average molecular weight is 657 g/mol. The average Bonchev–Trinajstić information content (AvgIpc) is 3.37. The van der Waals surface area contributed by atoms with Crippen molar-refractivity contribution < 1.29 is 42.2 Å². The summed E-state index contributed by atoms with van der Waals surface area (Å²) < 4.78 is 37.4. The van der Waals surface area contributed by atoms with Crippen molar-refractivity contribution in [2.45, 2.75) is 50.2 Å². The molecule has 0 aromatic heterocycles. The van der Waals surface area contributed by atoms with Gasteiger partial charge in [-0.05, 0) is 47.2 Å². The molecule has 10 nitrogen and oxygen atoms in total. The number of carboxylic acids is 1. The maximum atomic E-state index is 13.1. The summed E-state index contributed by atoms with van der Waals surface area (Å²) in [5.74, 6) is -3.56. The third kappa shape index (κ3) is 11.8. The van der Waals surface area contributed by atoms with E-state index < -0.39 is 30.2 Å². The van der Waals surface area contributed by atoms with Gasteiger partial charge in [-0.2, -0.15) is 13.2 Å². The Morgan fingerprint density at radius 1 is 0.809 bits per heavy atom. The van der Waals surface area contributed by atoms with Crippen molar-refractivity contribution >= 4 is 23.9 Å².